The Hall–Kier alpha value is -2.63. The largest absolute Gasteiger partial charge is 0.353 e. The molecule has 132 valence electrons. The second-order valence-corrected chi connectivity index (χ2v) is 6.32. The molecule has 25 heavy (non-hydrogen) atoms. The Morgan fingerprint density at radius 3 is 2.64 bits per heavy atom. The van der Waals surface area contributed by atoms with Crippen LogP contribution in [-0.4, -0.2) is 53.6 Å². The Balaban J connectivity index is 1.39. The number of carbonyl (C=O) groups excluding carboxylic acids is 1. The molecule has 0 spiro atoms. The summed E-state index contributed by atoms with van der Waals surface area (Å²) in [6, 6.07) is 10.4. The quantitative estimate of drug-likeness (QED) is 0.849. The lowest BCUT2D eigenvalue weighted by atomic mass is 10.1. The number of amides is 2. The molecule has 1 aromatic carbocycles. The maximum atomic E-state index is 12.3. The van der Waals surface area contributed by atoms with Crippen molar-refractivity contribution in [3.05, 3.63) is 54.0 Å². The van der Waals surface area contributed by atoms with Gasteiger partial charge in [0.15, 0.2) is 0 Å². The van der Waals surface area contributed by atoms with E-state index in [0.717, 1.165) is 37.3 Å². The van der Waals surface area contributed by atoms with Gasteiger partial charge in [-0.25, -0.2) is 14.8 Å². The summed E-state index contributed by atoms with van der Waals surface area (Å²) in [5, 5.41) is 3.03. The summed E-state index contributed by atoms with van der Waals surface area (Å²) in [5.41, 5.74) is 2.38. The van der Waals surface area contributed by atoms with Crippen LogP contribution in [0.1, 0.15) is 17.5 Å². The molecule has 6 nitrogen and oxygen atoms in total. The number of rotatable bonds is 5. The Morgan fingerprint density at radius 2 is 1.92 bits per heavy atom. The van der Waals surface area contributed by atoms with E-state index in [4.69, 9.17) is 0 Å². The van der Waals surface area contributed by atoms with Crippen LogP contribution in [-0.2, 0) is 6.42 Å². The molecule has 0 unspecified atom stereocenters. The third-order valence-corrected chi connectivity index (χ3v) is 4.50. The molecule has 0 radical (unpaired) electrons. The molecule has 2 aromatic rings. The molecule has 0 bridgehead atoms. The standard InChI is InChI=1S/C19H25N5O/c1-16-14-20-15-22-18(16)23-10-12-24(13-11-23)19(25)21-9-5-8-17-6-3-2-4-7-17/h2-4,6-7,14-15H,5,8-13H2,1H3,(H,21,25). The van der Waals surface area contributed by atoms with Gasteiger partial charge >= 0.3 is 6.03 Å². The molecule has 6 heteroatoms. The van der Waals surface area contributed by atoms with Crippen molar-refractivity contribution in [1.29, 1.82) is 0 Å². The lowest BCUT2D eigenvalue weighted by Gasteiger charge is -2.35. The van der Waals surface area contributed by atoms with Gasteiger partial charge < -0.3 is 15.1 Å². The van der Waals surface area contributed by atoms with E-state index < -0.39 is 0 Å². The number of hydrogen-bond acceptors (Lipinski definition) is 4. The molecular weight excluding hydrogens is 314 g/mol. The molecule has 1 aromatic heterocycles. The van der Waals surface area contributed by atoms with Crippen LogP contribution in [0.2, 0.25) is 0 Å². The third kappa shape index (κ3) is 4.68. The van der Waals surface area contributed by atoms with Gasteiger partial charge in [0, 0.05) is 44.5 Å². The summed E-state index contributed by atoms with van der Waals surface area (Å²) in [4.78, 5) is 24.8. The zero-order valence-corrected chi connectivity index (χ0v) is 14.7. The maximum absolute atomic E-state index is 12.3. The molecule has 3 rings (SSSR count). The molecule has 2 amide bonds. The first kappa shape index (κ1) is 17.2. The topological polar surface area (TPSA) is 61.4 Å². The highest BCUT2D eigenvalue weighted by Crippen LogP contribution is 2.16. The first-order valence-electron chi connectivity index (χ1n) is 8.82. The summed E-state index contributed by atoms with van der Waals surface area (Å²) in [6.07, 6.45) is 5.35. The first-order chi connectivity index (χ1) is 12.2. The highest BCUT2D eigenvalue weighted by molar-refractivity contribution is 5.74. The fraction of sp³-hybridized carbons (Fsp3) is 0.421. The molecule has 1 aliphatic heterocycles. The molecule has 0 saturated carbocycles. The number of aryl methyl sites for hydroxylation is 2. The van der Waals surface area contributed by atoms with Gasteiger partial charge in [-0.15, -0.1) is 0 Å². The van der Waals surface area contributed by atoms with E-state index in [-0.39, 0.29) is 6.03 Å². The highest BCUT2D eigenvalue weighted by atomic mass is 16.2. The van der Waals surface area contributed by atoms with E-state index in [0.29, 0.717) is 19.6 Å². The number of carbonyl (C=O) groups is 1. The summed E-state index contributed by atoms with van der Waals surface area (Å²) < 4.78 is 0. The maximum Gasteiger partial charge on any atom is 0.317 e. The summed E-state index contributed by atoms with van der Waals surface area (Å²) in [7, 11) is 0. The zero-order chi connectivity index (χ0) is 17.5. The fourth-order valence-corrected chi connectivity index (χ4v) is 3.09. The number of piperazine rings is 1. The SMILES string of the molecule is Cc1cncnc1N1CCN(C(=O)NCCCc2ccccc2)CC1. The zero-order valence-electron chi connectivity index (χ0n) is 14.7. The third-order valence-electron chi connectivity index (χ3n) is 4.50. The van der Waals surface area contributed by atoms with Gasteiger partial charge in [0.25, 0.3) is 0 Å². The van der Waals surface area contributed by atoms with Crippen LogP contribution in [0, 0.1) is 6.92 Å². The molecule has 1 saturated heterocycles. The summed E-state index contributed by atoms with van der Waals surface area (Å²) in [6.45, 7) is 5.76. The number of benzene rings is 1. The van der Waals surface area contributed by atoms with Crippen molar-refractivity contribution < 1.29 is 4.79 Å². The Kier molecular flexibility index (Phi) is 5.82. The van der Waals surface area contributed by atoms with E-state index in [9.17, 15) is 4.79 Å². The van der Waals surface area contributed by atoms with Crippen molar-refractivity contribution in [3.8, 4) is 0 Å². The second kappa shape index (κ2) is 8.46. The molecule has 1 aliphatic rings. The van der Waals surface area contributed by atoms with Gasteiger partial charge in [-0.05, 0) is 25.3 Å². The molecule has 1 N–H and O–H groups in total. The van der Waals surface area contributed by atoms with Crippen LogP contribution in [0.15, 0.2) is 42.9 Å². The number of anilines is 1. The Labute approximate surface area is 148 Å². The number of urea groups is 1. The number of hydrogen-bond donors (Lipinski definition) is 1. The predicted octanol–water partition coefficient (Wildman–Crippen LogP) is 2.25. The van der Waals surface area contributed by atoms with Crippen molar-refractivity contribution in [2.45, 2.75) is 19.8 Å². The van der Waals surface area contributed by atoms with Gasteiger partial charge in [0.2, 0.25) is 0 Å². The lowest BCUT2D eigenvalue weighted by Crippen LogP contribution is -2.52. The monoisotopic (exact) mass is 339 g/mol. The van der Waals surface area contributed by atoms with Crippen molar-refractivity contribution >= 4 is 11.8 Å². The minimum Gasteiger partial charge on any atom is -0.353 e. The van der Waals surface area contributed by atoms with Gasteiger partial charge in [-0.1, -0.05) is 30.3 Å². The van der Waals surface area contributed by atoms with Crippen molar-refractivity contribution in [1.82, 2.24) is 20.2 Å². The van der Waals surface area contributed by atoms with Crippen LogP contribution in [0.25, 0.3) is 0 Å². The highest BCUT2D eigenvalue weighted by Gasteiger charge is 2.22. The summed E-state index contributed by atoms with van der Waals surface area (Å²) >= 11 is 0. The van der Waals surface area contributed by atoms with Crippen LogP contribution < -0.4 is 10.2 Å². The minimum absolute atomic E-state index is 0.0344. The van der Waals surface area contributed by atoms with Crippen LogP contribution >= 0.6 is 0 Å². The number of nitrogens with zero attached hydrogens (tertiary/aromatic N) is 4. The average Bonchev–Trinajstić information content (AvgIpc) is 2.66. The Bertz CT molecular complexity index is 683. The van der Waals surface area contributed by atoms with Crippen LogP contribution in [0.3, 0.4) is 0 Å². The smallest absolute Gasteiger partial charge is 0.317 e. The van der Waals surface area contributed by atoms with Crippen molar-refractivity contribution in [2.75, 3.05) is 37.6 Å². The second-order valence-electron chi connectivity index (χ2n) is 6.32. The number of nitrogens with one attached hydrogen (secondary N) is 1. The minimum atomic E-state index is 0.0344. The summed E-state index contributed by atoms with van der Waals surface area (Å²) in [5.74, 6) is 0.970. The lowest BCUT2D eigenvalue weighted by molar-refractivity contribution is 0.194. The van der Waals surface area contributed by atoms with E-state index in [2.05, 4.69) is 32.3 Å². The van der Waals surface area contributed by atoms with E-state index in [1.54, 1.807) is 6.33 Å². The molecular formula is C19H25N5O. The normalized spacial score (nSPS) is 14.4. The van der Waals surface area contributed by atoms with Gasteiger partial charge in [-0.3, -0.25) is 0 Å². The number of aromatic nitrogens is 2. The Morgan fingerprint density at radius 1 is 1.16 bits per heavy atom. The van der Waals surface area contributed by atoms with Gasteiger partial charge in [-0.2, -0.15) is 0 Å². The average molecular weight is 339 g/mol. The van der Waals surface area contributed by atoms with E-state index in [1.165, 1.54) is 5.56 Å². The van der Waals surface area contributed by atoms with E-state index >= 15 is 0 Å². The van der Waals surface area contributed by atoms with Crippen LogP contribution in [0.4, 0.5) is 10.6 Å². The van der Waals surface area contributed by atoms with Crippen molar-refractivity contribution in [3.63, 3.8) is 0 Å². The molecule has 2 heterocycles. The predicted molar refractivity (Wildman–Crippen MR) is 98.7 cm³/mol. The van der Waals surface area contributed by atoms with Crippen molar-refractivity contribution in [2.24, 2.45) is 0 Å². The first-order valence-corrected chi connectivity index (χ1v) is 8.82. The van der Waals surface area contributed by atoms with Gasteiger partial charge in [0.05, 0.1) is 0 Å². The fourth-order valence-electron chi connectivity index (χ4n) is 3.09. The molecule has 0 aliphatic carbocycles. The van der Waals surface area contributed by atoms with E-state index in [1.807, 2.05) is 36.2 Å². The van der Waals surface area contributed by atoms with Crippen LogP contribution in [0.5, 0.6) is 0 Å². The molecule has 0 atom stereocenters. The van der Waals surface area contributed by atoms with Gasteiger partial charge in [0.1, 0.15) is 12.1 Å². The molecule has 1 fully saturated rings.